The van der Waals surface area contributed by atoms with Crippen LogP contribution in [0.1, 0.15) is 16.7 Å². The molecule has 5 rings (SSSR count). The van der Waals surface area contributed by atoms with Crippen molar-refractivity contribution in [3.05, 3.63) is 87.8 Å². The molecule has 3 aromatic carbocycles. The summed E-state index contributed by atoms with van der Waals surface area (Å²) in [7, 11) is 0. The Morgan fingerprint density at radius 2 is 1.36 bits per heavy atom. The van der Waals surface area contributed by atoms with E-state index in [1.54, 1.807) is 24.3 Å². The summed E-state index contributed by atoms with van der Waals surface area (Å²) in [5.41, 5.74) is 2.70. The first-order valence-electron chi connectivity index (χ1n) is 8.75. The molecular formula is C23H14O5. The number of ether oxygens (including phenoxy) is 2. The van der Waals surface area contributed by atoms with Gasteiger partial charge in [-0.05, 0) is 36.8 Å². The van der Waals surface area contributed by atoms with E-state index in [2.05, 4.69) is 0 Å². The van der Waals surface area contributed by atoms with Crippen molar-refractivity contribution in [1.29, 1.82) is 0 Å². The third-order valence-corrected chi connectivity index (χ3v) is 4.92. The minimum absolute atomic E-state index is 0.0144. The van der Waals surface area contributed by atoms with Gasteiger partial charge < -0.3 is 14.6 Å². The minimum atomic E-state index is -0.549. The predicted molar refractivity (Wildman–Crippen MR) is 101 cm³/mol. The maximum absolute atomic E-state index is 12.6. The summed E-state index contributed by atoms with van der Waals surface area (Å²) in [6, 6.07) is 17.5. The number of aryl methyl sites for hydroxylation is 1. The molecule has 0 aromatic heterocycles. The van der Waals surface area contributed by atoms with Gasteiger partial charge in [0.05, 0.1) is 11.1 Å². The lowest BCUT2D eigenvalue weighted by atomic mass is 9.99. The molecule has 0 amide bonds. The second-order valence-corrected chi connectivity index (χ2v) is 6.76. The van der Waals surface area contributed by atoms with Crippen LogP contribution in [0.2, 0.25) is 0 Å². The van der Waals surface area contributed by atoms with Crippen LogP contribution in [0.4, 0.5) is 0 Å². The zero-order valence-electron chi connectivity index (χ0n) is 14.9. The standard InChI is InChI=1S/C23H14O5/c1-12-7-8-17(24)14(9-12)21-16-11-18-15(10-19(16)28-23(21)26)20(22(25)27-18)13-5-3-2-4-6-13/h2-11,24H,1H3. The number of rotatable bonds is 2. The molecule has 5 heteroatoms. The topological polar surface area (TPSA) is 72.8 Å². The van der Waals surface area contributed by atoms with Gasteiger partial charge in [-0.25, -0.2) is 9.59 Å². The summed E-state index contributed by atoms with van der Waals surface area (Å²) in [4.78, 5) is 25.0. The van der Waals surface area contributed by atoms with E-state index >= 15 is 0 Å². The summed E-state index contributed by atoms with van der Waals surface area (Å²) in [6.45, 7) is 1.87. The zero-order valence-corrected chi connectivity index (χ0v) is 14.9. The third-order valence-electron chi connectivity index (χ3n) is 4.92. The van der Waals surface area contributed by atoms with E-state index in [9.17, 15) is 14.7 Å². The highest BCUT2D eigenvalue weighted by molar-refractivity contribution is 6.21. The lowest BCUT2D eigenvalue weighted by Gasteiger charge is -2.04. The molecule has 1 N–H and O–H groups in total. The van der Waals surface area contributed by atoms with Crippen molar-refractivity contribution in [1.82, 2.24) is 0 Å². The van der Waals surface area contributed by atoms with Crippen molar-refractivity contribution in [2.24, 2.45) is 0 Å². The van der Waals surface area contributed by atoms with Crippen molar-refractivity contribution >= 4 is 23.1 Å². The summed E-state index contributed by atoms with van der Waals surface area (Å²) in [6.07, 6.45) is 0. The highest BCUT2D eigenvalue weighted by atomic mass is 16.5. The highest BCUT2D eigenvalue weighted by Gasteiger charge is 2.31. The SMILES string of the molecule is Cc1ccc(O)c(C2=c3cc4c(cc3OC2=O)=C(c2ccccc2)C(=O)O4)c1. The van der Waals surface area contributed by atoms with Gasteiger partial charge in [-0.3, -0.25) is 0 Å². The number of fused-ring (bicyclic) bond motifs is 2. The fraction of sp³-hybridized carbons (Fsp3) is 0.0435. The van der Waals surface area contributed by atoms with E-state index in [0.29, 0.717) is 33.1 Å². The normalized spacial score (nSPS) is 14.6. The number of aromatic hydroxyl groups is 1. The third kappa shape index (κ3) is 2.33. The second kappa shape index (κ2) is 5.82. The number of carbonyl (C=O) groups excluding carboxylic acids is 2. The Kier molecular flexibility index (Phi) is 3.39. The number of benzene rings is 3. The number of carbonyl (C=O) groups is 2. The molecule has 0 atom stereocenters. The summed E-state index contributed by atoms with van der Waals surface area (Å²) < 4.78 is 10.9. The molecule has 0 aliphatic carbocycles. The fourth-order valence-electron chi connectivity index (χ4n) is 3.62. The van der Waals surface area contributed by atoms with Crippen LogP contribution in [0.3, 0.4) is 0 Å². The molecule has 0 bridgehead atoms. The molecule has 0 saturated carbocycles. The first kappa shape index (κ1) is 16.3. The van der Waals surface area contributed by atoms with Gasteiger partial charge in [0.1, 0.15) is 17.2 Å². The summed E-state index contributed by atoms with van der Waals surface area (Å²) >= 11 is 0. The van der Waals surface area contributed by atoms with Gasteiger partial charge in [-0.15, -0.1) is 0 Å². The summed E-state index contributed by atoms with van der Waals surface area (Å²) in [5, 5.41) is 11.3. The highest BCUT2D eigenvalue weighted by Crippen LogP contribution is 2.31. The smallest absolute Gasteiger partial charge is 0.345 e. The van der Waals surface area contributed by atoms with E-state index in [0.717, 1.165) is 11.1 Å². The maximum atomic E-state index is 12.6. The molecule has 5 nitrogen and oxygen atoms in total. The van der Waals surface area contributed by atoms with E-state index < -0.39 is 11.9 Å². The lowest BCUT2D eigenvalue weighted by Crippen LogP contribution is -2.11. The van der Waals surface area contributed by atoms with Crippen LogP contribution >= 0.6 is 0 Å². The number of hydrogen-bond donors (Lipinski definition) is 1. The number of esters is 2. The van der Waals surface area contributed by atoms with Crippen LogP contribution in [0.25, 0.3) is 11.1 Å². The van der Waals surface area contributed by atoms with Crippen LogP contribution in [-0.4, -0.2) is 17.0 Å². The van der Waals surface area contributed by atoms with Gasteiger partial charge >= 0.3 is 11.9 Å². The van der Waals surface area contributed by atoms with Crippen LogP contribution in [-0.2, 0) is 9.59 Å². The van der Waals surface area contributed by atoms with E-state index in [4.69, 9.17) is 9.47 Å². The van der Waals surface area contributed by atoms with Gasteiger partial charge in [0, 0.05) is 16.0 Å². The van der Waals surface area contributed by atoms with Gasteiger partial charge in [-0.1, -0.05) is 42.0 Å². The molecule has 28 heavy (non-hydrogen) atoms. The lowest BCUT2D eigenvalue weighted by molar-refractivity contribution is -0.128. The monoisotopic (exact) mass is 370 g/mol. The Hall–Kier alpha value is -3.86. The Morgan fingerprint density at radius 3 is 2.04 bits per heavy atom. The average molecular weight is 370 g/mol. The molecule has 3 aromatic rings. The Labute approximate surface area is 159 Å². The predicted octanol–water partition coefficient (Wildman–Crippen LogP) is 1.94. The number of phenols is 1. The van der Waals surface area contributed by atoms with Gasteiger partial charge in [0.15, 0.2) is 0 Å². The average Bonchev–Trinajstić information content (AvgIpc) is 3.16. The van der Waals surface area contributed by atoms with Crippen molar-refractivity contribution in [3.8, 4) is 17.2 Å². The minimum Gasteiger partial charge on any atom is -0.507 e. The molecular weight excluding hydrogens is 356 g/mol. The van der Waals surface area contributed by atoms with Crippen molar-refractivity contribution in [3.63, 3.8) is 0 Å². The van der Waals surface area contributed by atoms with E-state index in [1.165, 1.54) is 6.07 Å². The molecule has 0 spiro atoms. The fourth-order valence-corrected chi connectivity index (χ4v) is 3.62. The molecule has 0 saturated heterocycles. The van der Waals surface area contributed by atoms with Gasteiger partial charge in [0.2, 0.25) is 0 Å². The Balaban J connectivity index is 1.81. The first-order chi connectivity index (χ1) is 13.5. The molecule has 0 radical (unpaired) electrons. The van der Waals surface area contributed by atoms with Crippen molar-refractivity contribution < 1.29 is 24.2 Å². The Bertz CT molecular complexity index is 1300. The largest absolute Gasteiger partial charge is 0.507 e. The molecule has 2 heterocycles. The quantitative estimate of drug-likeness (QED) is 0.551. The number of phenolic OH excluding ortho intramolecular Hbond substituents is 1. The maximum Gasteiger partial charge on any atom is 0.345 e. The Morgan fingerprint density at radius 1 is 0.750 bits per heavy atom. The van der Waals surface area contributed by atoms with Crippen LogP contribution in [0, 0.1) is 6.92 Å². The first-order valence-corrected chi connectivity index (χ1v) is 8.75. The van der Waals surface area contributed by atoms with Crippen LogP contribution in [0.15, 0.2) is 60.7 Å². The van der Waals surface area contributed by atoms with E-state index in [-0.39, 0.29) is 11.3 Å². The van der Waals surface area contributed by atoms with Gasteiger partial charge in [0.25, 0.3) is 0 Å². The van der Waals surface area contributed by atoms with E-state index in [1.807, 2.05) is 37.3 Å². The molecule has 2 aliphatic rings. The number of hydrogen-bond acceptors (Lipinski definition) is 5. The van der Waals surface area contributed by atoms with Crippen molar-refractivity contribution in [2.75, 3.05) is 0 Å². The zero-order chi connectivity index (χ0) is 19.4. The molecule has 136 valence electrons. The second-order valence-electron chi connectivity index (χ2n) is 6.76. The molecule has 0 unspecified atom stereocenters. The van der Waals surface area contributed by atoms with Crippen LogP contribution < -0.4 is 19.9 Å². The molecule has 2 aliphatic heterocycles. The summed E-state index contributed by atoms with van der Waals surface area (Å²) in [5.74, 6) is -0.306. The van der Waals surface area contributed by atoms with Gasteiger partial charge in [-0.2, -0.15) is 0 Å². The molecule has 0 fully saturated rings. The van der Waals surface area contributed by atoms with Crippen molar-refractivity contribution in [2.45, 2.75) is 6.92 Å². The van der Waals surface area contributed by atoms with Crippen LogP contribution in [0.5, 0.6) is 17.2 Å².